The SMILES string of the molecule is CC(C)CN1C(=N)N2C(C)CC2(C)C1=O.CCCNC(=O)c1ccc(OC)cc1. The normalized spacial score (nSPS) is 22.7. The number of carbonyl (C=O) groups excluding carboxylic acids is 2. The highest BCUT2D eigenvalue weighted by molar-refractivity contribution is 6.09. The molecule has 0 bridgehead atoms. The first-order valence-electron chi connectivity index (χ1n) is 10.3. The number of benzene rings is 1. The maximum absolute atomic E-state index is 12.1. The van der Waals surface area contributed by atoms with E-state index in [0.29, 0.717) is 36.6 Å². The van der Waals surface area contributed by atoms with E-state index in [1.165, 1.54) is 0 Å². The van der Waals surface area contributed by atoms with Crippen molar-refractivity contribution in [1.29, 1.82) is 5.41 Å². The minimum absolute atomic E-state index is 0.0329. The van der Waals surface area contributed by atoms with Crippen molar-refractivity contribution in [3.63, 3.8) is 0 Å². The van der Waals surface area contributed by atoms with Crippen molar-refractivity contribution >= 4 is 17.8 Å². The summed E-state index contributed by atoms with van der Waals surface area (Å²) in [5.41, 5.74) is 0.255. The lowest BCUT2D eigenvalue weighted by Crippen LogP contribution is -2.63. The molecule has 2 N–H and O–H groups in total. The Balaban J connectivity index is 0.000000208. The fourth-order valence-corrected chi connectivity index (χ4v) is 3.91. The van der Waals surface area contributed by atoms with Crippen molar-refractivity contribution < 1.29 is 14.3 Å². The summed E-state index contributed by atoms with van der Waals surface area (Å²) in [7, 11) is 1.60. The molecule has 29 heavy (non-hydrogen) atoms. The molecule has 0 aromatic heterocycles. The van der Waals surface area contributed by atoms with Gasteiger partial charge in [-0.05, 0) is 56.9 Å². The number of ether oxygens (including phenoxy) is 1. The molecule has 0 spiro atoms. The van der Waals surface area contributed by atoms with Gasteiger partial charge in [0.15, 0.2) is 0 Å². The van der Waals surface area contributed by atoms with Crippen molar-refractivity contribution in [2.24, 2.45) is 5.92 Å². The topological polar surface area (TPSA) is 85.7 Å². The van der Waals surface area contributed by atoms with Crippen LogP contribution in [0.25, 0.3) is 0 Å². The summed E-state index contributed by atoms with van der Waals surface area (Å²) >= 11 is 0. The number of hydrogen-bond donors (Lipinski definition) is 2. The maximum Gasteiger partial charge on any atom is 0.255 e. The third kappa shape index (κ3) is 4.71. The van der Waals surface area contributed by atoms with Crippen LogP contribution in [-0.2, 0) is 4.79 Å². The van der Waals surface area contributed by atoms with E-state index in [9.17, 15) is 9.59 Å². The van der Waals surface area contributed by atoms with Gasteiger partial charge in [0.25, 0.3) is 11.8 Å². The van der Waals surface area contributed by atoms with Crippen LogP contribution in [0.5, 0.6) is 5.75 Å². The Hall–Kier alpha value is -2.57. The minimum Gasteiger partial charge on any atom is -0.497 e. The van der Waals surface area contributed by atoms with Crippen molar-refractivity contribution in [1.82, 2.24) is 15.1 Å². The van der Waals surface area contributed by atoms with Crippen LogP contribution in [0, 0.1) is 11.3 Å². The molecule has 2 aliphatic heterocycles. The molecule has 2 fully saturated rings. The summed E-state index contributed by atoms with van der Waals surface area (Å²) in [6.07, 6.45) is 1.82. The second kappa shape index (κ2) is 9.29. The molecule has 1 aromatic carbocycles. The third-order valence-electron chi connectivity index (χ3n) is 5.29. The quantitative estimate of drug-likeness (QED) is 0.766. The Bertz CT molecular complexity index is 747. The van der Waals surface area contributed by atoms with Crippen LogP contribution in [-0.4, -0.2) is 59.4 Å². The maximum atomic E-state index is 12.1. The Morgan fingerprint density at radius 2 is 1.97 bits per heavy atom. The summed E-state index contributed by atoms with van der Waals surface area (Å²) in [6.45, 7) is 11.6. The van der Waals surface area contributed by atoms with Gasteiger partial charge >= 0.3 is 0 Å². The Morgan fingerprint density at radius 1 is 1.34 bits per heavy atom. The van der Waals surface area contributed by atoms with Gasteiger partial charge in [0.2, 0.25) is 5.96 Å². The second-order valence-electron chi connectivity index (χ2n) is 8.31. The van der Waals surface area contributed by atoms with Crippen LogP contribution < -0.4 is 10.1 Å². The molecule has 2 heterocycles. The van der Waals surface area contributed by atoms with Crippen molar-refractivity contribution in [2.45, 2.75) is 59.0 Å². The minimum atomic E-state index is -0.411. The van der Waals surface area contributed by atoms with Crippen LogP contribution >= 0.6 is 0 Å². The molecule has 2 aliphatic rings. The van der Waals surface area contributed by atoms with Gasteiger partial charge in [-0.25, -0.2) is 0 Å². The van der Waals surface area contributed by atoms with Crippen LogP contribution in [0.1, 0.15) is 57.8 Å². The summed E-state index contributed by atoms with van der Waals surface area (Å²) in [5.74, 6) is 1.65. The van der Waals surface area contributed by atoms with E-state index >= 15 is 0 Å². The van der Waals surface area contributed by atoms with E-state index in [0.717, 1.165) is 18.6 Å². The van der Waals surface area contributed by atoms with Gasteiger partial charge in [0.1, 0.15) is 11.3 Å². The fraction of sp³-hybridized carbons (Fsp3) is 0.591. The van der Waals surface area contributed by atoms with Gasteiger partial charge in [-0.15, -0.1) is 0 Å². The number of nitrogens with one attached hydrogen (secondary N) is 2. The van der Waals surface area contributed by atoms with Gasteiger partial charge < -0.3 is 15.0 Å². The van der Waals surface area contributed by atoms with Crippen LogP contribution in [0.4, 0.5) is 0 Å². The molecule has 7 heteroatoms. The fourth-order valence-electron chi connectivity index (χ4n) is 3.91. The second-order valence-corrected chi connectivity index (χ2v) is 8.31. The van der Waals surface area contributed by atoms with Gasteiger partial charge in [-0.3, -0.25) is 19.9 Å². The average molecular weight is 403 g/mol. The highest BCUT2D eigenvalue weighted by Crippen LogP contribution is 2.43. The van der Waals surface area contributed by atoms with Gasteiger partial charge in [-0.2, -0.15) is 0 Å². The average Bonchev–Trinajstić information content (AvgIpc) is 2.82. The standard InChI is InChI=1S/C11H19N3O.C11H15NO2/c1-7(2)6-13-9(15)11(4)5-8(3)14(11)10(13)12;1-3-8-12-11(13)9-4-6-10(14-2)7-5-9/h7-8,12H,5-6H2,1-4H3;4-7H,3,8H2,1-2H3,(H,12,13). The lowest BCUT2D eigenvalue weighted by Gasteiger charge is -2.49. The molecule has 2 amide bonds. The number of methoxy groups -OCH3 is 1. The molecule has 2 unspecified atom stereocenters. The highest BCUT2D eigenvalue weighted by atomic mass is 16.5. The number of nitrogens with zero attached hydrogens (tertiary/aromatic N) is 2. The smallest absolute Gasteiger partial charge is 0.255 e. The largest absolute Gasteiger partial charge is 0.497 e. The predicted molar refractivity (Wildman–Crippen MR) is 114 cm³/mol. The number of guanidine groups is 1. The molecular formula is C22H34N4O3. The number of fused-ring (bicyclic) bond motifs is 1. The summed E-state index contributed by atoms with van der Waals surface area (Å²) < 4.78 is 5.00. The summed E-state index contributed by atoms with van der Waals surface area (Å²) in [4.78, 5) is 27.2. The molecule has 2 atom stereocenters. The first-order chi connectivity index (χ1) is 13.7. The van der Waals surface area contributed by atoms with E-state index in [4.69, 9.17) is 10.1 Å². The van der Waals surface area contributed by atoms with Gasteiger partial charge in [-0.1, -0.05) is 20.8 Å². The molecule has 7 nitrogen and oxygen atoms in total. The van der Waals surface area contributed by atoms with Gasteiger partial charge in [0.05, 0.1) is 7.11 Å². The Kier molecular flexibility index (Phi) is 7.27. The lowest BCUT2D eigenvalue weighted by atomic mass is 9.82. The molecule has 2 saturated heterocycles. The number of carbonyl (C=O) groups is 2. The Morgan fingerprint density at radius 3 is 2.41 bits per heavy atom. The van der Waals surface area contributed by atoms with E-state index in [2.05, 4.69) is 26.1 Å². The lowest BCUT2D eigenvalue weighted by molar-refractivity contribution is -0.138. The summed E-state index contributed by atoms with van der Waals surface area (Å²) in [5, 5.41) is 10.8. The molecule has 1 aromatic rings. The van der Waals surface area contributed by atoms with Crippen molar-refractivity contribution in [3.05, 3.63) is 29.8 Å². The van der Waals surface area contributed by atoms with Crippen LogP contribution in [0.3, 0.4) is 0 Å². The summed E-state index contributed by atoms with van der Waals surface area (Å²) in [6, 6.07) is 7.40. The molecule has 0 radical (unpaired) electrons. The van der Waals surface area contributed by atoms with Crippen LogP contribution in [0.15, 0.2) is 24.3 Å². The molecule has 0 aliphatic carbocycles. The first-order valence-corrected chi connectivity index (χ1v) is 10.3. The van der Waals surface area contributed by atoms with Gasteiger partial charge in [0, 0.05) is 24.7 Å². The first kappa shape index (κ1) is 22.7. The zero-order valence-corrected chi connectivity index (χ0v) is 18.4. The number of hydrogen-bond acceptors (Lipinski definition) is 4. The monoisotopic (exact) mass is 402 g/mol. The highest BCUT2D eigenvalue weighted by Gasteiger charge is 2.61. The molecule has 160 valence electrons. The Labute approximate surface area is 173 Å². The zero-order chi connectivity index (χ0) is 21.8. The van der Waals surface area contributed by atoms with E-state index in [-0.39, 0.29) is 11.8 Å². The molecule has 3 rings (SSSR count). The van der Waals surface area contributed by atoms with Crippen molar-refractivity contribution in [3.8, 4) is 5.75 Å². The number of amides is 2. The third-order valence-corrected chi connectivity index (χ3v) is 5.29. The zero-order valence-electron chi connectivity index (χ0n) is 18.4. The predicted octanol–water partition coefficient (Wildman–Crippen LogP) is 3.11. The van der Waals surface area contributed by atoms with Crippen molar-refractivity contribution in [2.75, 3.05) is 20.2 Å². The molecular weight excluding hydrogens is 368 g/mol. The van der Waals surface area contributed by atoms with Crippen LogP contribution in [0.2, 0.25) is 0 Å². The number of rotatable bonds is 6. The molecule has 0 saturated carbocycles. The van der Waals surface area contributed by atoms with E-state index in [1.54, 1.807) is 36.3 Å². The van der Waals surface area contributed by atoms with E-state index in [1.807, 2.05) is 18.7 Å². The van der Waals surface area contributed by atoms with E-state index < -0.39 is 5.54 Å².